The van der Waals surface area contributed by atoms with Crippen molar-refractivity contribution in [1.82, 2.24) is 0 Å². The Morgan fingerprint density at radius 2 is 0.547 bits per heavy atom. The molecule has 75 heavy (non-hydrogen) atoms. The van der Waals surface area contributed by atoms with Crippen molar-refractivity contribution in [1.29, 1.82) is 0 Å². The van der Waals surface area contributed by atoms with Gasteiger partial charge in [-0.15, -0.1) is 0 Å². The van der Waals surface area contributed by atoms with Gasteiger partial charge in [0.25, 0.3) is 0 Å². The number of allylic oxidation sites excluding steroid dienone is 18. The Balaban J connectivity index is 4.19. The first-order chi connectivity index (χ1) is 37.0. The summed E-state index contributed by atoms with van der Waals surface area (Å²) in [4.78, 5) is 38.1. The van der Waals surface area contributed by atoms with Crippen molar-refractivity contribution in [2.75, 3.05) is 13.2 Å². The van der Waals surface area contributed by atoms with Gasteiger partial charge in [0.05, 0.1) is 0 Å². The standard InChI is InChI=1S/C69H116O6/c1-4-7-10-13-16-19-22-25-26-27-28-29-30-31-32-33-34-35-36-37-38-39-40-41-42-45-47-50-53-56-59-62-68(71)74-65-66(75-69(72)63-60-57-54-51-48-44-24-21-18-15-12-9-6-3)64-73-67(70)61-58-55-52-49-46-43-23-20-17-14-11-8-5-2/h7,9-10,12,16,18-21,23,25-26,28-29,44,48,54,57,66H,4-6,8,11,13-15,17,22,24,27,30-43,45-47,49-53,55-56,58-65H2,1-3H3/b10-7-,12-9-,19-16-,21-18-,23-20-,26-25-,29-28-,48-44-,57-54-. The van der Waals surface area contributed by atoms with Gasteiger partial charge in [-0.1, -0.05) is 271 Å². The van der Waals surface area contributed by atoms with E-state index >= 15 is 0 Å². The van der Waals surface area contributed by atoms with Crippen LogP contribution in [0.15, 0.2) is 109 Å². The maximum Gasteiger partial charge on any atom is 0.306 e. The van der Waals surface area contributed by atoms with Crippen molar-refractivity contribution in [2.45, 2.75) is 297 Å². The second kappa shape index (κ2) is 62.6. The minimum Gasteiger partial charge on any atom is -0.462 e. The highest BCUT2D eigenvalue weighted by Crippen LogP contribution is 2.16. The fourth-order valence-corrected chi connectivity index (χ4v) is 8.62. The van der Waals surface area contributed by atoms with E-state index in [-0.39, 0.29) is 31.6 Å². The largest absolute Gasteiger partial charge is 0.462 e. The van der Waals surface area contributed by atoms with Crippen LogP contribution < -0.4 is 0 Å². The highest BCUT2D eigenvalue weighted by Gasteiger charge is 2.19. The number of carbonyl (C=O) groups is 3. The molecule has 1 unspecified atom stereocenters. The van der Waals surface area contributed by atoms with Crippen molar-refractivity contribution < 1.29 is 28.6 Å². The number of esters is 3. The molecule has 1 atom stereocenters. The second-order valence-corrected chi connectivity index (χ2v) is 20.5. The van der Waals surface area contributed by atoms with E-state index in [2.05, 4.69) is 118 Å². The Labute approximate surface area is 463 Å². The Hall–Kier alpha value is -3.93. The zero-order chi connectivity index (χ0) is 54.3. The molecule has 428 valence electrons. The SMILES string of the molecule is CC/C=C\C/C=C\C/C=C\C/C=C\CCCCCCCCCCCCCCCCCCCCC(=O)OCC(COC(=O)CCCCCCC/C=C\CCCCCC)OC(=O)CC/C=C\C/C=C\C/C=C\C/C=C\CC. The summed E-state index contributed by atoms with van der Waals surface area (Å²) < 4.78 is 16.8. The van der Waals surface area contributed by atoms with Crippen molar-refractivity contribution in [3.63, 3.8) is 0 Å². The third-order valence-corrected chi connectivity index (χ3v) is 13.3. The molecule has 0 bridgehead atoms. The number of unbranched alkanes of at least 4 members (excludes halogenated alkanes) is 27. The topological polar surface area (TPSA) is 78.9 Å². The summed E-state index contributed by atoms with van der Waals surface area (Å²) in [7, 11) is 0. The molecule has 0 saturated carbocycles. The van der Waals surface area contributed by atoms with Crippen LogP contribution in [0.2, 0.25) is 0 Å². The molecule has 0 aliphatic rings. The lowest BCUT2D eigenvalue weighted by atomic mass is 10.0. The zero-order valence-corrected chi connectivity index (χ0v) is 49.0. The van der Waals surface area contributed by atoms with Gasteiger partial charge in [-0.2, -0.15) is 0 Å². The van der Waals surface area contributed by atoms with Gasteiger partial charge in [0.15, 0.2) is 6.10 Å². The van der Waals surface area contributed by atoms with Crippen LogP contribution in [0, 0.1) is 0 Å². The molecule has 0 fully saturated rings. The number of hydrogen-bond acceptors (Lipinski definition) is 6. The van der Waals surface area contributed by atoms with Crippen LogP contribution in [0.5, 0.6) is 0 Å². The summed E-state index contributed by atoms with van der Waals surface area (Å²) in [5.74, 6) is -0.994. The highest BCUT2D eigenvalue weighted by atomic mass is 16.6. The lowest BCUT2D eigenvalue weighted by molar-refractivity contribution is -0.166. The Kier molecular flexibility index (Phi) is 59.3. The lowest BCUT2D eigenvalue weighted by Gasteiger charge is -2.18. The van der Waals surface area contributed by atoms with E-state index in [1.165, 1.54) is 141 Å². The second-order valence-electron chi connectivity index (χ2n) is 20.5. The maximum absolute atomic E-state index is 12.8. The van der Waals surface area contributed by atoms with Crippen LogP contribution in [-0.4, -0.2) is 37.2 Å². The maximum atomic E-state index is 12.8. The van der Waals surface area contributed by atoms with Crippen molar-refractivity contribution in [3.05, 3.63) is 109 Å². The van der Waals surface area contributed by atoms with Crippen molar-refractivity contribution in [3.8, 4) is 0 Å². The van der Waals surface area contributed by atoms with E-state index in [0.29, 0.717) is 19.3 Å². The summed E-state index contributed by atoms with van der Waals surface area (Å²) in [6.07, 6.45) is 85.6. The zero-order valence-electron chi connectivity index (χ0n) is 49.0. The summed E-state index contributed by atoms with van der Waals surface area (Å²) in [5.41, 5.74) is 0. The van der Waals surface area contributed by atoms with Gasteiger partial charge >= 0.3 is 17.9 Å². The first-order valence-corrected chi connectivity index (χ1v) is 31.4. The molecular weight excluding hydrogens is 925 g/mol. The molecule has 6 nitrogen and oxygen atoms in total. The molecular formula is C69H116O6. The van der Waals surface area contributed by atoms with Crippen LogP contribution in [0.25, 0.3) is 0 Å². The van der Waals surface area contributed by atoms with Gasteiger partial charge in [0, 0.05) is 19.3 Å². The molecule has 6 heteroatoms. The van der Waals surface area contributed by atoms with Gasteiger partial charge in [-0.25, -0.2) is 0 Å². The van der Waals surface area contributed by atoms with Crippen LogP contribution >= 0.6 is 0 Å². The Morgan fingerprint density at radius 3 is 0.880 bits per heavy atom. The fourth-order valence-electron chi connectivity index (χ4n) is 8.62. The fraction of sp³-hybridized carbons (Fsp3) is 0.696. The molecule has 0 saturated heterocycles. The van der Waals surface area contributed by atoms with E-state index in [4.69, 9.17) is 14.2 Å². The number of rotatable bonds is 56. The summed E-state index contributed by atoms with van der Waals surface area (Å²) in [6, 6.07) is 0. The van der Waals surface area contributed by atoms with Gasteiger partial charge in [-0.3, -0.25) is 14.4 Å². The predicted octanol–water partition coefficient (Wildman–Crippen LogP) is 21.4. The number of carbonyl (C=O) groups excluding carboxylic acids is 3. The first kappa shape index (κ1) is 71.1. The molecule has 0 radical (unpaired) electrons. The summed E-state index contributed by atoms with van der Waals surface area (Å²) >= 11 is 0. The van der Waals surface area contributed by atoms with Crippen LogP contribution in [0.1, 0.15) is 290 Å². The van der Waals surface area contributed by atoms with E-state index < -0.39 is 12.1 Å². The minimum atomic E-state index is -0.819. The Morgan fingerprint density at radius 1 is 0.280 bits per heavy atom. The average Bonchev–Trinajstić information content (AvgIpc) is 3.41. The van der Waals surface area contributed by atoms with E-state index in [1.54, 1.807) is 0 Å². The third kappa shape index (κ3) is 60.8. The first-order valence-electron chi connectivity index (χ1n) is 31.4. The van der Waals surface area contributed by atoms with E-state index in [1.807, 2.05) is 12.2 Å². The quantitative estimate of drug-likeness (QED) is 0.0261. The number of hydrogen-bond donors (Lipinski definition) is 0. The molecule has 0 aliphatic heterocycles. The van der Waals surface area contributed by atoms with Gasteiger partial charge in [-0.05, 0) is 109 Å². The summed E-state index contributed by atoms with van der Waals surface area (Å²) in [5, 5.41) is 0. The molecule has 0 N–H and O–H groups in total. The normalized spacial score (nSPS) is 12.8. The highest BCUT2D eigenvalue weighted by molar-refractivity contribution is 5.71. The number of ether oxygens (including phenoxy) is 3. The Bertz CT molecular complexity index is 1520. The summed E-state index contributed by atoms with van der Waals surface area (Å²) in [6.45, 7) is 6.34. The smallest absolute Gasteiger partial charge is 0.306 e. The van der Waals surface area contributed by atoms with Crippen molar-refractivity contribution in [2.24, 2.45) is 0 Å². The molecule has 0 heterocycles. The van der Waals surface area contributed by atoms with E-state index in [0.717, 1.165) is 103 Å². The lowest BCUT2D eigenvalue weighted by Crippen LogP contribution is -2.30. The molecule has 0 spiro atoms. The molecule has 0 aromatic carbocycles. The van der Waals surface area contributed by atoms with Crippen molar-refractivity contribution >= 4 is 17.9 Å². The molecule has 0 aromatic heterocycles. The van der Waals surface area contributed by atoms with Gasteiger partial charge in [0.2, 0.25) is 0 Å². The van der Waals surface area contributed by atoms with Crippen LogP contribution in [0.4, 0.5) is 0 Å². The molecule has 0 aliphatic carbocycles. The average molecular weight is 1040 g/mol. The van der Waals surface area contributed by atoms with Crippen LogP contribution in [-0.2, 0) is 28.6 Å². The molecule has 0 rings (SSSR count). The molecule has 0 amide bonds. The molecule has 0 aromatic rings. The van der Waals surface area contributed by atoms with Crippen LogP contribution in [0.3, 0.4) is 0 Å². The third-order valence-electron chi connectivity index (χ3n) is 13.3. The predicted molar refractivity (Wildman–Crippen MR) is 325 cm³/mol. The van der Waals surface area contributed by atoms with E-state index in [9.17, 15) is 14.4 Å². The van der Waals surface area contributed by atoms with Gasteiger partial charge in [0.1, 0.15) is 13.2 Å². The minimum absolute atomic E-state index is 0.108. The monoisotopic (exact) mass is 1040 g/mol. The van der Waals surface area contributed by atoms with Gasteiger partial charge < -0.3 is 14.2 Å².